The Kier molecular flexibility index (Phi) is 12.3. The number of carbonyl (C=O) groups excluding carboxylic acids is 3. The van der Waals surface area contributed by atoms with Crippen LogP contribution < -0.4 is 15.8 Å². The molecule has 3 amide bonds. The summed E-state index contributed by atoms with van der Waals surface area (Å²) < 4.78 is 28.2. The third-order valence-electron chi connectivity index (χ3n) is 10.3. The third kappa shape index (κ3) is 8.78. The van der Waals surface area contributed by atoms with E-state index in [1.54, 1.807) is 41.9 Å². The highest BCUT2D eigenvalue weighted by Crippen LogP contribution is 2.38. The van der Waals surface area contributed by atoms with E-state index in [4.69, 9.17) is 38.4 Å². The number of nitrogens with zero attached hydrogens (tertiary/aromatic N) is 5. The van der Waals surface area contributed by atoms with Crippen LogP contribution in [0.4, 0.5) is 10.2 Å². The predicted molar refractivity (Wildman–Crippen MR) is 209 cm³/mol. The van der Waals surface area contributed by atoms with Gasteiger partial charge < -0.3 is 25.0 Å². The summed E-state index contributed by atoms with van der Waals surface area (Å²) in [5, 5.41) is 7.23. The van der Waals surface area contributed by atoms with E-state index in [9.17, 15) is 18.8 Å². The number of pyridine rings is 1. The van der Waals surface area contributed by atoms with Crippen molar-refractivity contribution in [1.29, 1.82) is 0 Å². The van der Waals surface area contributed by atoms with Gasteiger partial charge in [0, 0.05) is 89.5 Å². The molecule has 3 N–H and O–H groups in total. The summed E-state index contributed by atoms with van der Waals surface area (Å²) in [6.45, 7) is 6.24. The van der Waals surface area contributed by atoms with Gasteiger partial charge in [-0.1, -0.05) is 29.3 Å². The number of imide groups is 1. The van der Waals surface area contributed by atoms with E-state index in [-0.39, 0.29) is 35.1 Å². The van der Waals surface area contributed by atoms with E-state index in [0.29, 0.717) is 48.1 Å². The lowest BCUT2D eigenvalue weighted by atomic mass is 10.0. The van der Waals surface area contributed by atoms with Gasteiger partial charge >= 0.3 is 0 Å². The van der Waals surface area contributed by atoms with Crippen LogP contribution in [0.2, 0.25) is 10.0 Å². The van der Waals surface area contributed by atoms with E-state index in [0.717, 1.165) is 66.2 Å². The Morgan fingerprint density at radius 1 is 1.07 bits per heavy atom. The number of nitrogens with one attached hydrogen (secondary N) is 1. The molecule has 2 atom stereocenters. The maximum Gasteiger partial charge on any atom is 0.255 e. The molecule has 0 bridgehead atoms. The van der Waals surface area contributed by atoms with Gasteiger partial charge in [0.2, 0.25) is 11.8 Å². The number of amides is 3. The normalized spacial score (nSPS) is 18.4. The molecule has 7 rings (SSSR count). The van der Waals surface area contributed by atoms with Crippen LogP contribution in [0.1, 0.15) is 72.7 Å². The summed E-state index contributed by atoms with van der Waals surface area (Å²) in [5.74, 6) is -0.159. The summed E-state index contributed by atoms with van der Waals surface area (Å²) in [5.41, 5.74) is 9.69. The molecule has 2 fully saturated rings. The highest BCUT2D eigenvalue weighted by atomic mass is 35.5. The number of anilines is 1. The number of carbonyl (C=O) groups is 3. The standard InChI is InChI=1S/C39H42Cl2FN7O5S/c1-23(35-29(40)6-7-30(42)36(35)41)54-32-18-24(19-44-37(32)43)25-20-45-49(21-25)26-10-13-47(14-11-26)12-3-15-53-16-17-55-33-5-2-4-27-28(33)22-48(39(27)52)31-8-9-34(50)46-38(31)51/h2,4-7,18-21,23,26,31H,3,8-17,22H2,1H3,(H2,43,44)(H,46,50,51). The van der Waals surface area contributed by atoms with Crippen molar-refractivity contribution in [3.05, 3.63) is 87.5 Å². The van der Waals surface area contributed by atoms with Gasteiger partial charge in [0.15, 0.2) is 11.6 Å². The molecular formula is C39H42Cl2FN7O5S. The number of nitrogens with two attached hydrogens (primary N) is 1. The molecule has 0 aliphatic carbocycles. The Balaban J connectivity index is 0.824. The molecule has 2 saturated heterocycles. The quantitative estimate of drug-likeness (QED) is 0.0611. The maximum atomic E-state index is 14.1. The van der Waals surface area contributed by atoms with Crippen molar-refractivity contribution in [2.24, 2.45) is 0 Å². The topological polar surface area (TPSA) is 145 Å². The number of likely N-dealkylation sites (tertiary alicyclic amines) is 1. The molecule has 55 heavy (non-hydrogen) atoms. The second-order valence-corrected chi connectivity index (χ2v) is 15.8. The highest BCUT2D eigenvalue weighted by Gasteiger charge is 2.39. The lowest BCUT2D eigenvalue weighted by molar-refractivity contribution is -0.136. The van der Waals surface area contributed by atoms with Crippen LogP contribution in [-0.4, -0.2) is 86.9 Å². The molecule has 0 radical (unpaired) electrons. The second-order valence-electron chi connectivity index (χ2n) is 13.9. The summed E-state index contributed by atoms with van der Waals surface area (Å²) in [6.07, 6.45) is 8.30. The van der Waals surface area contributed by atoms with Crippen molar-refractivity contribution >= 4 is 58.5 Å². The van der Waals surface area contributed by atoms with E-state index in [2.05, 4.69) is 20.3 Å². The lowest BCUT2D eigenvalue weighted by Crippen LogP contribution is -2.52. The molecular weight excluding hydrogens is 768 g/mol. The van der Waals surface area contributed by atoms with E-state index >= 15 is 0 Å². The number of rotatable bonds is 14. The smallest absolute Gasteiger partial charge is 0.255 e. The molecule has 5 heterocycles. The summed E-state index contributed by atoms with van der Waals surface area (Å²) in [4.78, 5) is 46.5. The zero-order chi connectivity index (χ0) is 38.6. The second kappa shape index (κ2) is 17.3. The van der Waals surface area contributed by atoms with Crippen molar-refractivity contribution in [2.75, 3.05) is 44.3 Å². The molecule has 3 aliphatic heterocycles. The van der Waals surface area contributed by atoms with Crippen molar-refractivity contribution < 1.29 is 28.2 Å². The van der Waals surface area contributed by atoms with Crippen molar-refractivity contribution in [2.45, 2.75) is 68.7 Å². The Morgan fingerprint density at radius 3 is 2.69 bits per heavy atom. The van der Waals surface area contributed by atoms with Crippen LogP contribution in [-0.2, 0) is 20.9 Å². The number of thioether (sulfide) groups is 1. The minimum absolute atomic E-state index is 0.0920. The molecule has 2 aromatic carbocycles. The number of ether oxygens (including phenoxy) is 2. The fourth-order valence-electron chi connectivity index (χ4n) is 7.36. The number of benzene rings is 2. The van der Waals surface area contributed by atoms with Crippen molar-refractivity contribution in [1.82, 2.24) is 29.9 Å². The molecule has 3 aliphatic rings. The van der Waals surface area contributed by atoms with Gasteiger partial charge in [-0.3, -0.25) is 24.4 Å². The van der Waals surface area contributed by atoms with Gasteiger partial charge in [-0.25, -0.2) is 9.37 Å². The first-order valence-corrected chi connectivity index (χ1v) is 20.1. The van der Waals surface area contributed by atoms with Crippen LogP contribution in [0.3, 0.4) is 0 Å². The van der Waals surface area contributed by atoms with Gasteiger partial charge in [0.1, 0.15) is 18.0 Å². The van der Waals surface area contributed by atoms with E-state index in [1.165, 1.54) is 12.1 Å². The van der Waals surface area contributed by atoms with Crippen molar-refractivity contribution in [3.63, 3.8) is 0 Å². The predicted octanol–water partition coefficient (Wildman–Crippen LogP) is 6.71. The molecule has 0 spiro atoms. The van der Waals surface area contributed by atoms with Gasteiger partial charge in [-0.05, 0) is 68.5 Å². The Labute approximate surface area is 332 Å². The van der Waals surface area contributed by atoms with Gasteiger partial charge in [-0.2, -0.15) is 5.10 Å². The van der Waals surface area contributed by atoms with Crippen LogP contribution in [0, 0.1) is 5.82 Å². The Hall–Kier alpha value is -4.21. The minimum Gasteiger partial charge on any atom is -0.482 e. The average Bonchev–Trinajstić information content (AvgIpc) is 3.80. The first kappa shape index (κ1) is 39.0. The van der Waals surface area contributed by atoms with Gasteiger partial charge in [0.25, 0.3) is 5.91 Å². The first-order chi connectivity index (χ1) is 26.6. The SMILES string of the molecule is CC(Oc1cc(-c2cnn(C3CCN(CCCOCCSc4cccc5c4CN(C4CCC(=O)NC4=O)C5=O)CC3)c2)cnc1N)c1c(Cl)ccc(F)c1Cl. The summed E-state index contributed by atoms with van der Waals surface area (Å²) in [6, 6.07) is 9.79. The minimum atomic E-state index is -0.675. The van der Waals surface area contributed by atoms with Gasteiger partial charge in [-0.15, -0.1) is 11.8 Å². The number of hydrogen-bond donors (Lipinski definition) is 2. The number of halogens is 3. The number of aromatic nitrogens is 3. The molecule has 12 nitrogen and oxygen atoms in total. The molecule has 2 aromatic heterocycles. The van der Waals surface area contributed by atoms with Crippen LogP contribution in [0.15, 0.2) is 59.9 Å². The number of fused-ring (bicyclic) bond motifs is 1. The summed E-state index contributed by atoms with van der Waals surface area (Å²) in [7, 11) is 0. The fraction of sp³-hybridized carbons (Fsp3) is 0.410. The zero-order valence-corrected chi connectivity index (χ0v) is 32.6. The monoisotopic (exact) mass is 809 g/mol. The van der Waals surface area contributed by atoms with Crippen LogP contribution in [0.25, 0.3) is 11.1 Å². The van der Waals surface area contributed by atoms with Gasteiger partial charge in [0.05, 0.1) is 23.9 Å². The molecule has 2 unspecified atom stereocenters. The van der Waals surface area contributed by atoms with Crippen LogP contribution in [0.5, 0.6) is 5.75 Å². The number of hydrogen-bond acceptors (Lipinski definition) is 10. The van der Waals surface area contributed by atoms with E-state index in [1.807, 2.05) is 29.2 Å². The fourth-order valence-corrected chi connectivity index (χ4v) is 8.98. The Morgan fingerprint density at radius 2 is 1.89 bits per heavy atom. The number of piperidine rings is 2. The molecule has 0 saturated carbocycles. The maximum absolute atomic E-state index is 14.1. The zero-order valence-electron chi connectivity index (χ0n) is 30.3. The largest absolute Gasteiger partial charge is 0.482 e. The lowest BCUT2D eigenvalue weighted by Gasteiger charge is -2.32. The highest BCUT2D eigenvalue weighted by molar-refractivity contribution is 7.99. The van der Waals surface area contributed by atoms with E-state index < -0.39 is 23.9 Å². The first-order valence-electron chi connectivity index (χ1n) is 18.4. The molecule has 4 aromatic rings. The average molecular weight is 811 g/mol. The summed E-state index contributed by atoms with van der Waals surface area (Å²) >= 11 is 14.1. The van der Waals surface area contributed by atoms with Crippen LogP contribution >= 0.6 is 35.0 Å². The Bertz CT molecular complexity index is 2080. The molecule has 290 valence electrons. The third-order valence-corrected chi connectivity index (χ3v) is 12.1. The number of nitrogen functional groups attached to an aromatic ring is 1. The van der Waals surface area contributed by atoms with Crippen molar-refractivity contribution in [3.8, 4) is 16.9 Å². The molecule has 16 heteroatoms.